The summed E-state index contributed by atoms with van der Waals surface area (Å²) >= 11 is 1.65. The minimum absolute atomic E-state index is 0.0156. The van der Waals surface area contributed by atoms with Gasteiger partial charge >= 0.3 is 0 Å². The van der Waals surface area contributed by atoms with Crippen molar-refractivity contribution < 1.29 is 9.59 Å². The molecule has 0 bridgehead atoms. The van der Waals surface area contributed by atoms with Gasteiger partial charge in [0.15, 0.2) is 0 Å². The lowest BCUT2D eigenvalue weighted by Crippen LogP contribution is -2.50. The van der Waals surface area contributed by atoms with Crippen LogP contribution in [0.4, 0.5) is 0 Å². The molecule has 6 heteroatoms. The van der Waals surface area contributed by atoms with Crippen molar-refractivity contribution in [1.29, 1.82) is 0 Å². The Hall–Kier alpha value is -2.08. The SMILES string of the molecule is CC(=O)N1CSC[C@H]1C(=O)N1CCC[C@H](c2cc3ccccc3cn2)C1. The van der Waals surface area contributed by atoms with E-state index < -0.39 is 0 Å². The van der Waals surface area contributed by atoms with Crippen molar-refractivity contribution in [3.8, 4) is 0 Å². The molecule has 0 radical (unpaired) electrons. The number of rotatable bonds is 2. The lowest BCUT2D eigenvalue weighted by Gasteiger charge is -2.35. The van der Waals surface area contributed by atoms with Crippen LogP contribution >= 0.6 is 11.8 Å². The van der Waals surface area contributed by atoms with Crippen LogP contribution in [-0.4, -0.2) is 57.4 Å². The molecule has 1 aromatic heterocycles. The molecule has 0 saturated carbocycles. The Bertz CT molecular complexity index is 841. The highest BCUT2D eigenvalue weighted by Gasteiger charge is 2.37. The first-order valence-corrected chi connectivity index (χ1v) is 10.3. The first-order valence-electron chi connectivity index (χ1n) is 9.12. The zero-order valence-electron chi connectivity index (χ0n) is 14.9. The molecule has 0 aliphatic carbocycles. The van der Waals surface area contributed by atoms with Gasteiger partial charge in [-0.1, -0.05) is 24.3 Å². The second-order valence-electron chi connectivity index (χ2n) is 7.08. The number of aromatic nitrogens is 1. The van der Waals surface area contributed by atoms with Gasteiger partial charge in [-0.3, -0.25) is 14.6 Å². The number of hydrogen-bond donors (Lipinski definition) is 0. The van der Waals surface area contributed by atoms with Crippen molar-refractivity contribution in [3.05, 3.63) is 42.2 Å². The Kier molecular flexibility index (Phi) is 4.85. The van der Waals surface area contributed by atoms with Crippen molar-refractivity contribution in [2.75, 3.05) is 24.7 Å². The number of carbonyl (C=O) groups excluding carboxylic acids is 2. The van der Waals surface area contributed by atoms with E-state index in [9.17, 15) is 9.59 Å². The van der Waals surface area contributed by atoms with E-state index in [2.05, 4.69) is 23.2 Å². The number of amides is 2. The third kappa shape index (κ3) is 3.30. The van der Waals surface area contributed by atoms with Gasteiger partial charge in [0.05, 0.1) is 5.88 Å². The summed E-state index contributed by atoms with van der Waals surface area (Å²) in [5.74, 6) is 1.66. The fourth-order valence-electron chi connectivity index (χ4n) is 3.91. The summed E-state index contributed by atoms with van der Waals surface area (Å²) in [5, 5.41) is 2.33. The molecule has 2 aliphatic rings. The molecular weight excluding hydrogens is 346 g/mol. The number of benzene rings is 1. The van der Waals surface area contributed by atoms with Crippen molar-refractivity contribution in [3.63, 3.8) is 0 Å². The monoisotopic (exact) mass is 369 g/mol. The maximum atomic E-state index is 13.0. The second-order valence-corrected chi connectivity index (χ2v) is 8.08. The highest BCUT2D eigenvalue weighted by atomic mass is 32.2. The van der Waals surface area contributed by atoms with Crippen LogP contribution in [0.25, 0.3) is 10.8 Å². The fraction of sp³-hybridized carbons (Fsp3) is 0.450. The molecule has 1 aromatic carbocycles. The number of thioether (sulfide) groups is 1. The van der Waals surface area contributed by atoms with Gasteiger partial charge in [-0.2, -0.15) is 0 Å². The normalized spacial score (nSPS) is 23.4. The predicted octanol–water partition coefficient (Wildman–Crippen LogP) is 2.86. The maximum absolute atomic E-state index is 13.0. The standard InChI is InChI=1S/C20H23N3O2S/c1-14(24)23-13-26-12-19(23)20(25)22-8-4-7-17(11-22)18-9-15-5-2-3-6-16(15)10-21-18/h2-3,5-6,9-10,17,19H,4,7-8,11-13H2,1H3/t17-,19-/m0/s1. The van der Waals surface area contributed by atoms with Gasteiger partial charge < -0.3 is 9.80 Å². The zero-order chi connectivity index (χ0) is 18.1. The molecular formula is C20H23N3O2S. The smallest absolute Gasteiger partial charge is 0.246 e. The topological polar surface area (TPSA) is 53.5 Å². The molecule has 3 heterocycles. The van der Waals surface area contributed by atoms with Gasteiger partial charge in [-0.05, 0) is 24.3 Å². The molecule has 0 N–H and O–H groups in total. The van der Waals surface area contributed by atoms with Gasteiger partial charge in [0.1, 0.15) is 6.04 Å². The predicted molar refractivity (Wildman–Crippen MR) is 104 cm³/mol. The Morgan fingerprint density at radius 1 is 1.23 bits per heavy atom. The molecule has 4 rings (SSSR count). The van der Waals surface area contributed by atoms with E-state index in [4.69, 9.17) is 0 Å². The number of piperidine rings is 1. The largest absolute Gasteiger partial charge is 0.340 e. The molecule has 0 unspecified atom stereocenters. The number of likely N-dealkylation sites (tertiary alicyclic amines) is 1. The highest BCUT2D eigenvalue weighted by Crippen LogP contribution is 2.30. The minimum Gasteiger partial charge on any atom is -0.340 e. The van der Waals surface area contributed by atoms with E-state index in [0.717, 1.165) is 30.5 Å². The summed E-state index contributed by atoms with van der Waals surface area (Å²) in [6.45, 7) is 3.01. The Balaban J connectivity index is 1.51. The summed E-state index contributed by atoms with van der Waals surface area (Å²) in [6.07, 6.45) is 3.95. The highest BCUT2D eigenvalue weighted by molar-refractivity contribution is 7.99. The summed E-state index contributed by atoms with van der Waals surface area (Å²) < 4.78 is 0. The van der Waals surface area contributed by atoms with Crippen LogP contribution in [0.3, 0.4) is 0 Å². The van der Waals surface area contributed by atoms with Crippen LogP contribution in [0.1, 0.15) is 31.4 Å². The van der Waals surface area contributed by atoms with Crippen LogP contribution in [0, 0.1) is 0 Å². The van der Waals surface area contributed by atoms with E-state index in [0.29, 0.717) is 18.2 Å². The van der Waals surface area contributed by atoms with Crippen molar-refractivity contribution in [2.45, 2.75) is 31.7 Å². The molecule has 2 amide bonds. The van der Waals surface area contributed by atoms with Crippen LogP contribution < -0.4 is 0 Å². The molecule has 2 atom stereocenters. The van der Waals surface area contributed by atoms with Crippen LogP contribution in [0.2, 0.25) is 0 Å². The molecule has 5 nitrogen and oxygen atoms in total. The lowest BCUT2D eigenvalue weighted by atomic mass is 9.93. The summed E-state index contributed by atoms with van der Waals surface area (Å²) in [7, 11) is 0. The van der Waals surface area contributed by atoms with E-state index in [1.807, 2.05) is 23.2 Å². The summed E-state index contributed by atoms with van der Waals surface area (Å²) in [4.78, 5) is 33.1. The molecule has 136 valence electrons. The van der Waals surface area contributed by atoms with Crippen LogP contribution in [0.5, 0.6) is 0 Å². The van der Waals surface area contributed by atoms with Crippen molar-refractivity contribution in [2.24, 2.45) is 0 Å². The Labute approximate surface area is 157 Å². The average Bonchev–Trinajstić information content (AvgIpc) is 3.17. The zero-order valence-corrected chi connectivity index (χ0v) is 15.7. The first-order chi connectivity index (χ1) is 12.6. The second kappa shape index (κ2) is 7.27. The van der Waals surface area contributed by atoms with E-state index >= 15 is 0 Å². The number of hydrogen-bond acceptors (Lipinski definition) is 4. The lowest BCUT2D eigenvalue weighted by molar-refractivity contribution is -0.143. The minimum atomic E-state index is -0.305. The fourth-order valence-corrected chi connectivity index (χ4v) is 5.12. The first kappa shape index (κ1) is 17.3. The van der Waals surface area contributed by atoms with Gasteiger partial charge in [-0.15, -0.1) is 11.8 Å². The third-order valence-corrected chi connectivity index (χ3v) is 6.39. The summed E-state index contributed by atoms with van der Waals surface area (Å²) in [5.41, 5.74) is 1.06. The van der Waals surface area contributed by atoms with Crippen LogP contribution in [0.15, 0.2) is 36.5 Å². The molecule has 2 fully saturated rings. The van der Waals surface area contributed by atoms with Crippen molar-refractivity contribution >= 4 is 34.3 Å². The number of nitrogens with zero attached hydrogens (tertiary/aromatic N) is 3. The van der Waals surface area contributed by atoms with Gasteiger partial charge in [0.25, 0.3) is 0 Å². The molecule has 2 aliphatic heterocycles. The van der Waals surface area contributed by atoms with Crippen LogP contribution in [-0.2, 0) is 9.59 Å². The van der Waals surface area contributed by atoms with Gasteiger partial charge in [-0.25, -0.2) is 0 Å². The molecule has 2 aromatic rings. The number of pyridine rings is 1. The van der Waals surface area contributed by atoms with Crippen molar-refractivity contribution in [1.82, 2.24) is 14.8 Å². The summed E-state index contributed by atoms with van der Waals surface area (Å²) in [6, 6.07) is 10.1. The van der Waals surface area contributed by atoms with E-state index in [1.54, 1.807) is 23.6 Å². The quantitative estimate of drug-likeness (QED) is 0.817. The number of fused-ring (bicyclic) bond motifs is 1. The Morgan fingerprint density at radius 3 is 2.85 bits per heavy atom. The third-order valence-electron chi connectivity index (χ3n) is 5.38. The van der Waals surface area contributed by atoms with E-state index in [-0.39, 0.29) is 23.8 Å². The number of carbonyl (C=O) groups is 2. The Morgan fingerprint density at radius 2 is 2.04 bits per heavy atom. The molecule has 26 heavy (non-hydrogen) atoms. The molecule has 0 spiro atoms. The average molecular weight is 369 g/mol. The van der Waals surface area contributed by atoms with E-state index in [1.165, 1.54) is 5.39 Å². The maximum Gasteiger partial charge on any atom is 0.246 e. The van der Waals surface area contributed by atoms with Gasteiger partial charge in [0.2, 0.25) is 11.8 Å². The molecule has 2 saturated heterocycles. The van der Waals surface area contributed by atoms with Gasteiger partial charge in [0, 0.05) is 49.0 Å².